The van der Waals surface area contributed by atoms with Crippen LogP contribution >= 0.6 is 11.6 Å². The fourth-order valence-corrected chi connectivity index (χ4v) is 4.36. The van der Waals surface area contributed by atoms with Crippen LogP contribution in [0.3, 0.4) is 0 Å². The monoisotopic (exact) mass is 461 g/mol. The first-order chi connectivity index (χ1) is 16.1. The van der Waals surface area contributed by atoms with E-state index in [1.165, 1.54) is 0 Å². The molecule has 5 rings (SSSR count). The summed E-state index contributed by atoms with van der Waals surface area (Å²) in [6.45, 7) is 2.51. The number of H-pyrrole nitrogens is 1. The highest BCUT2D eigenvalue weighted by Gasteiger charge is 2.27. The van der Waals surface area contributed by atoms with Gasteiger partial charge in [-0.2, -0.15) is 0 Å². The van der Waals surface area contributed by atoms with Crippen molar-refractivity contribution >= 4 is 34.1 Å². The van der Waals surface area contributed by atoms with Gasteiger partial charge in [0.05, 0.1) is 12.4 Å². The lowest BCUT2D eigenvalue weighted by atomic mass is 10.0. The molecule has 1 fully saturated rings. The number of nitrogens with zero attached hydrogens (tertiary/aromatic N) is 5. The smallest absolute Gasteiger partial charge is 0.240 e. The van der Waals surface area contributed by atoms with Crippen molar-refractivity contribution in [2.75, 3.05) is 31.1 Å². The van der Waals surface area contributed by atoms with Crippen LogP contribution in [0.1, 0.15) is 5.69 Å². The third-order valence-electron chi connectivity index (χ3n) is 5.99. The van der Waals surface area contributed by atoms with Crippen LogP contribution < -0.4 is 10.6 Å². The Hall–Kier alpha value is -3.49. The van der Waals surface area contributed by atoms with Crippen molar-refractivity contribution in [2.24, 2.45) is 5.73 Å². The Bertz CT molecular complexity index is 1250. The molecule has 33 heavy (non-hydrogen) atoms. The Morgan fingerprint density at radius 1 is 1.03 bits per heavy atom. The van der Waals surface area contributed by atoms with Gasteiger partial charge in [0.2, 0.25) is 5.91 Å². The molecule has 8 nitrogen and oxygen atoms in total. The topological polar surface area (TPSA) is 104 Å². The highest BCUT2D eigenvalue weighted by molar-refractivity contribution is 6.30. The number of nitrogens with one attached hydrogen (secondary N) is 1. The lowest BCUT2D eigenvalue weighted by molar-refractivity contribution is -0.132. The standard InChI is InChI=1S/C24H24ClN7O/c25-17-7-5-16(6-8-17)22-19-3-1-2-4-20(19)23(30-29-22)31-9-11-32(12-10-31)24(33)21(26)13-18-14-27-15-28-18/h1-8,14-15,21H,9-13,26H2,(H,27,28). The van der Waals surface area contributed by atoms with E-state index in [1.807, 2.05) is 41.3 Å². The summed E-state index contributed by atoms with van der Waals surface area (Å²) >= 11 is 6.05. The number of imidazole rings is 1. The third kappa shape index (κ3) is 4.40. The van der Waals surface area contributed by atoms with Crippen molar-refractivity contribution in [3.63, 3.8) is 0 Å². The van der Waals surface area contributed by atoms with Crippen LogP contribution in [0.25, 0.3) is 22.0 Å². The second kappa shape index (κ2) is 9.17. The van der Waals surface area contributed by atoms with E-state index in [4.69, 9.17) is 17.3 Å². The number of hydrogen-bond acceptors (Lipinski definition) is 6. The molecule has 1 amide bonds. The van der Waals surface area contributed by atoms with Crippen molar-refractivity contribution in [3.05, 3.63) is 71.8 Å². The zero-order valence-electron chi connectivity index (χ0n) is 18.0. The van der Waals surface area contributed by atoms with Gasteiger partial charge in [0.25, 0.3) is 0 Å². The summed E-state index contributed by atoms with van der Waals surface area (Å²) < 4.78 is 0. The average molecular weight is 462 g/mol. The van der Waals surface area contributed by atoms with Crippen LogP contribution in [-0.4, -0.2) is 63.2 Å². The Morgan fingerprint density at radius 2 is 1.76 bits per heavy atom. The molecule has 0 saturated carbocycles. The van der Waals surface area contributed by atoms with Crippen molar-refractivity contribution in [3.8, 4) is 11.3 Å². The summed E-state index contributed by atoms with van der Waals surface area (Å²) in [4.78, 5) is 23.8. The summed E-state index contributed by atoms with van der Waals surface area (Å²) in [5, 5.41) is 11.9. The number of anilines is 1. The molecule has 1 aliphatic rings. The third-order valence-corrected chi connectivity index (χ3v) is 6.24. The Balaban J connectivity index is 1.33. The van der Waals surface area contributed by atoms with E-state index in [-0.39, 0.29) is 5.91 Å². The Morgan fingerprint density at radius 3 is 2.45 bits per heavy atom. The molecule has 1 atom stereocenters. The van der Waals surface area contributed by atoms with Gasteiger partial charge in [-0.05, 0) is 12.1 Å². The predicted molar refractivity (Wildman–Crippen MR) is 129 cm³/mol. The van der Waals surface area contributed by atoms with Crippen LogP contribution in [-0.2, 0) is 11.2 Å². The van der Waals surface area contributed by atoms with Gasteiger partial charge in [0.15, 0.2) is 5.82 Å². The molecule has 1 unspecified atom stereocenters. The second-order valence-electron chi connectivity index (χ2n) is 8.12. The van der Waals surface area contributed by atoms with E-state index in [0.717, 1.165) is 33.5 Å². The molecule has 0 bridgehead atoms. The molecule has 0 spiro atoms. The molecular formula is C24H24ClN7O. The minimum Gasteiger partial charge on any atom is -0.351 e. The first-order valence-corrected chi connectivity index (χ1v) is 11.3. The van der Waals surface area contributed by atoms with E-state index >= 15 is 0 Å². The zero-order valence-corrected chi connectivity index (χ0v) is 18.7. The number of carbonyl (C=O) groups is 1. The van der Waals surface area contributed by atoms with Crippen LogP contribution in [0.15, 0.2) is 61.1 Å². The lowest BCUT2D eigenvalue weighted by Gasteiger charge is -2.36. The number of nitrogens with two attached hydrogens (primary N) is 1. The maximum Gasteiger partial charge on any atom is 0.240 e. The minimum atomic E-state index is -0.587. The van der Waals surface area contributed by atoms with E-state index < -0.39 is 6.04 Å². The number of piperazine rings is 1. The van der Waals surface area contributed by atoms with Gasteiger partial charge >= 0.3 is 0 Å². The van der Waals surface area contributed by atoms with Crippen LogP contribution in [0.5, 0.6) is 0 Å². The number of hydrogen-bond donors (Lipinski definition) is 2. The van der Waals surface area contributed by atoms with Crippen LogP contribution in [0.2, 0.25) is 5.02 Å². The molecule has 168 valence electrons. The fraction of sp³-hybridized carbons (Fsp3) is 0.250. The molecule has 0 radical (unpaired) electrons. The summed E-state index contributed by atoms with van der Waals surface area (Å²) in [7, 11) is 0. The molecule has 3 heterocycles. The average Bonchev–Trinajstić information content (AvgIpc) is 3.37. The van der Waals surface area contributed by atoms with Gasteiger partial charge in [-0.15, -0.1) is 10.2 Å². The van der Waals surface area contributed by atoms with Gasteiger partial charge in [0, 0.05) is 65.8 Å². The molecule has 2 aromatic carbocycles. The van der Waals surface area contributed by atoms with Crippen LogP contribution in [0, 0.1) is 0 Å². The van der Waals surface area contributed by atoms with Crippen molar-refractivity contribution in [1.29, 1.82) is 0 Å². The molecule has 9 heteroatoms. The number of carbonyl (C=O) groups excluding carboxylic acids is 1. The minimum absolute atomic E-state index is 0.0433. The highest BCUT2D eigenvalue weighted by atomic mass is 35.5. The summed E-state index contributed by atoms with van der Waals surface area (Å²) in [5.41, 5.74) is 8.81. The van der Waals surface area contributed by atoms with Crippen molar-refractivity contribution in [2.45, 2.75) is 12.5 Å². The zero-order chi connectivity index (χ0) is 22.8. The maximum absolute atomic E-state index is 12.8. The number of rotatable bonds is 5. The Labute approximate surface area is 196 Å². The molecule has 1 aliphatic heterocycles. The van der Waals surface area contributed by atoms with E-state index in [1.54, 1.807) is 12.5 Å². The number of benzene rings is 2. The summed E-state index contributed by atoms with van der Waals surface area (Å²) in [6.07, 6.45) is 3.73. The molecule has 0 aliphatic carbocycles. The van der Waals surface area contributed by atoms with E-state index in [2.05, 4.69) is 37.2 Å². The molecule has 2 aromatic heterocycles. The van der Waals surface area contributed by atoms with Crippen molar-refractivity contribution < 1.29 is 4.79 Å². The first-order valence-electron chi connectivity index (χ1n) is 10.9. The van der Waals surface area contributed by atoms with Gasteiger partial charge < -0.3 is 20.5 Å². The second-order valence-corrected chi connectivity index (χ2v) is 8.56. The number of halogens is 1. The molecule has 4 aromatic rings. The number of aromatic amines is 1. The molecule has 3 N–H and O–H groups in total. The van der Waals surface area contributed by atoms with E-state index in [0.29, 0.717) is 37.6 Å². The molecule has 1 saturated heterocycles. The van der Waals surface area contributed by atoms with Gasteiger partial charge in [0.1, 0.15) is 5.69 Å². The predicted octanol–water partition coefficient (Wildman–Crippen LogP) is 2.89. The quantitative estimate of drug-likeness (QED) is 0.473. The van der Waals surface area contributed by atoms with Crippen molar-refractivity contribution in [1.82, 2.24) is 25.1 Å². The summed E-state index contributed by atoms with van der Waals surface area (Å²) in [6, 6.07) is 15.2. The van der Waals surface area contributed by atoms with Gasteiger partial charge in [-0.1, -0.05) is 48.0 Å². The number of fused-ring (bicyclic) bond motifs is 1. The first kappa shape index (κ1) is 21.4. The lowest BCUT2D eigenvalue weighted by Crippen LogP contribution is -2.54. The summed E-state index contributed by atoms with van der Waals surface area (Å²) in [5.74, 6) is 0.787. The Kier molecular flexibility index (Phi) is 5.93. The van der Waals surface area contributed by atoms with E-state index in [9.17, 15) is 4.79 Å². The molecular weight excluding hydrogens is 438 g/mol. The largest absolute Gasteiger partial charge is 0.351 e. The maximum atomic E-state index is 12.8. The van der Waals surface area contributed by atoms with Crippen LogP contribution in [0.4, 0.5) is 5.82 Å². The normalized spacial score (nSPS) is 15.1. The number of aromatic nitrogens is 4. The number of amides is 1. The SMILES string of the molecule is NC(Cc1cnc[nH]1)C(=O)N1CCN(c2nnc(-c3ccc(Cl)cc3)c3ccccc23)CC1. The van der Waals surface area contributed by atoms with Gasteiger partial charge in [-0.3, -0.25) is 4.79 Å². The van der Waals surface area contributed by atoms with Gasteiger partial charge in [-0.25, -0.2) is 4.98 Å². The highest BCUT2D eigenvalue weighted by Crippen LogP contribution is 2.32. The fourth-order valence-electron chi connectivity index (χ4n) is 4.24.